The molecule has 0 bridgehead atoms. The zero-order valence-electron chi connectivity index (χ0n) is 19.0. The molecule has 2 aliphatic carbocycles. The van der Waals surface area contributed by atoms with Crippen molar-refractivity contribution in [3.63, 3.8) is 0 Å². The highest BCUT2D eigenvalue weighted by atomic mass is 35.5. The molecule has 0 spiro atoms. The van der Waals surface area contributed by atoms with E-state index in [1.165, 1.54) is 5.57 Å². The summed E-state index contributed by atoms with van der Waals surface area (Å²) in [4.78, 5) is 15.1. The highest BCUT2D eigenvalue weighted by Gasteiger charge is 2.59. The molecule has 6 heteroatoms. The first kappa shape index (κ1) is 22.4. The van der Waals surface area contributed by atoms with Gasteiger partial charge in [0.2, 0.25) is 0 Å². The normalized spacial score (nSPS) is 39.1. The lowest BCUT2D eigenvalue weighted by Crippen LogP contribution is -2.55. The van der Waals surface area contributed by atoms with Crippen molar-refractivity contribution in [2.75, 3.05) is 19.6 Å². The maximum absolute atomic E-state index is 12.9. The number of carbonyl (C=O) groups excluding carboxylic acids is 1. The van der Waals surface area contributed by atoms with Crippen LogP contribution in [0.15, 0.2) is 35.9 Å². The molecule has 2 aliphatic heterocycles. The van der Waals surface area contributed by atoms with Crippen LogP contribution in [0, 0.1) is 23.2 Å². The highest BCUT2D eigenvalue weighted by Crippen LogP contribution is 2.56. The van der Waals surface area contributed by atoms with Crippen LogP contribution in [0.25, 0.3) is 0 Å². The van der Waals surface area contributed by atoms with E-state index in [0.717, 1.165) is 24.8 Å². The smallest absolute Gasteiger partial charge is 0.311 e. The van der Waals surface area contributed by atoms with Gasteiger partial charge < -0.3 is 19.8 Å². The van der Waals surface area contributed by atoms with Crippen molar-refractivity contribution in [2.24, 2.45) is 23.2 Å². The summed E-state index contributed by atoms with van der Waals surface area (Å²) in [5, 5.41) is 23.4. The molecule has 1 aromatic rings. The molecule has 2 heterocycles. The lowest BCUT2D eigenvalue weighted by atomic mass is 9.55. The molecular weight excluding hydrogens is 426 g/mol. The van der Waals surface area contributed by atoms with Crippen LogP contribution in [0.1, 0.15) is 51.5 Å². The molecule has 0 unspecified atom stereocenters. The summed E-state index contributed by atoms with van der Waals surface area (Å²) in [6.07, 6.45) is 5.55. The molecule has 5 rings (SSSR count). The number of esters is 1. The van der Waals surface area contributed by atoms with Crippen LogP contribution in [-0.4, -0.2) is 52.9 Å². The van der Waals surface area contributed by atoms with Crippen LogP contribution in [0.4, 0.5) is 0 Å². The Labute approximate surface area is 195 Å². The van der Waals surface area contributed by atoms with E-state index in [1.54, 1.807) is 0 Å². The number of hydrogen-bond acceptors (Lipinski definition) is 5. The summed E-state index contributed by atoms with van der Waals surface area (Å²) in [7, 11) is 0. The van der Waals surface area contributed by atoms with Crippen molar-refractivity contribution in [1.29, 1.82) is 0 Å². The maximum Gasteiger partial charge on any atom is 0.311 e. The fourth-order valence-electron chi connectivity index (χ4n) is 6.71. The van der Waals surface area contributed by atoms with E-state index in [9.17, 15) is 15.0 Å². The lowest BCUT2D eigenvalue weighted by molar-refractivity contribution is -0.145. The van der Waals surface area contributed by atoms with E-state index >= 15 is 0 Å². The standard InChI is InChI=1S/C26H34ClNO4/c1-16-4-3-5-18-14-21-22(23(29)25(16,18)2)20(24(30)32-21)15-28-12-10-26(31,11-13-28)17-6-8-19(27)9-7-17/h5-9,16,20-23,29,31H,3-4,10-15H2,1-2H3/t16-,20-,21+,22+,23+,25+/m0/s1. The number of piperidine rings is 1. The average Bonchev–Trinajstić information content (AvgIpc) is 3.07. The third-order valence-corrected chi connectivity index (χ3v) is 9.34. The number of likely N-dealkylation sites (tertiary alicyclic amines) is 1. The van der Waals surface area contributed by atoms with Crippen molar-refractivity contribution in [3.05, 3.63) is 46.5 Å². The molecule has 3 fully saturated rings. The molecule has 1 aromatic carbocycles. The van der Waals surface area contributed by atoms with Crippen LogP contribution in [-0.2, 0) is 15.1 Å². The summed E-state index contributed by atoms with van der Waals surface area (Å²) in [6, 6.07) is 7.42. The first-order valence-electron chi connectivity index (χ1n) is 12.0. The maximum atomic E-state index is 12.9. The van der Waals surface area contributed by atoms with Gasteiger partial charge in [0.1, 0.15) is 6.10 Å². The molecule has 4 aliphatic rings. The van der Waals surface area contributed by atoms with E-state index in [2.05, 4.69) is 24.8 Å². The second kappa shape index (κ2) is 8.12. The molecule has 1 saturated carbocycles. The number of aliphatic hydroxyl groups is 2. The minimum absolute atomic E-state index is 0.165. The Morgan fingerprint density at radius 2 is 1.91 bits per heavy atom. The third kappa shape index (κ3) is 3.53. The number of rotatable bonds is 3. The Bertz CT molecular complexity index is 907. The van der Waals surface area contributed by atoms with Gasteiger partial charge in [0, 0.05) is 42.4 Å². The molecule has 0 radical (unpaired) electrons. The van der Waals surface area contributed by atoms with Gasteiger partial charge in [-0.15, -0.1) is 0 Å². The van der Waals surface area contributed by atoms with Crippen molar-refractivity contribution in [1.82, 2.24) is 4.90 Å². The second-order valence-electron chi connectivity index (χ2n) is 10.6. The number of nitrogens with zero attached hydrogens (tertiary/aromatic N) is 1. The fraction of sp³-hybridized carbons (Fsp3) is 0.654. The van der Waals surface area contributed by atoms with Crippen molar-refractivity contribution in [2.45, 2.75) is 63.8 Å². The first-order chi connectivity index (χ1) is 15.2. The number of fused-ring (bicyclic) bond motifs is 2. The molecule has 2 N–H and O–H groups in total. The summed E-state index contributed by atoms with van der Waals surface area (Å²) in [6.45, 7) is 6.39. The molecule has 32 heavy (non-hydrogen) atoms. The number of aliphatic hydroxyl groups excluding tert-OH is 1. The van der Waals surface area contributed by atoms with Gasteiger partial charge in [-0.1, -0.05) is 49.2 Å². The number of halogens is 1. The zero-order valence-corrected chi connectivity index (χ0v) is 19.7. The molecule has 2 saturated heterocycles. The summed E-state index contributed by atoms with van der Waals surface area (Å²) >= 11 is 6.00. The Morgan fingerprint density at radius 3 is 2.59 bits per heavy atom. The minimum atomic E-state index is -0.866. The second-order valence-corrected chi connectivity index (χ2v) is 11.1. The van der Waals surface area contributed by atoms with Crippen LogP contribution in [0.2, 0.25) is 5.02 Å². The predicted octanol–water partition coefficient (Wildman–Crippen LogP) is 3.91. The summed E-state index contributed by atoms with van der Waals surface area (Å²) in [5.41, 5.74) is 1.02. The Hall–Kier alpha value is -1.40. The minimum Gasteiger partial charge on any atom is -0.461 e. The van der Waals surface area contributed by atoms with Gasteiger partial charge in [-0.3, -0.25) is 4.79 Å². The average molecular weight is 460 g/mol. The van der Waals surface area contributed by atoms with E-state index in [1.807, 2.05) is 24.3 Å². The van der Waals surface area contributed by atoms with Crippen molar-refractivity contribution in [3.8, 4) is 0 Å². The Morgan fingerprint density at radius 1 is 1.22 bits per heavy atom. The van der Waals surface area contributed by atoms with Crippen LogP contribution in [0.5, 0.6) is 0 Å². The van der Waals surface area contributed by atoms with Crippen LogP contribution < -0.4 is 0 Å². The number of allylic oxidation sites excluding steroid dienone is 1. The number of hydrogen-bond donors (Lipinski definition) is 2. The monoisotopic (exact) mass is 459 g/mol. The van der Waals surface area contributed by atoms with E-state index in [-0.39, 0.29) is 29.3 Å². The van der Waals surface area contributed by atoms with Gasteiger partial charge in [-0.25, -0.2) is 0 Å². The first-order valence-corrected chi connectivity index (χ1v) is 12.4. The van der Waals surface area contributed by atoms with Crippen LogP contribution >= 0.6 is 11.6 Å². The fourth-order valence-corrected chi connectivity index (χ4v) is 6.83. The highest BCUT2D eigenvalue weighted by molar-refractivity contribution is 6.30. The van der Waals surface area contributed by atoms with E-state index < -0.39 is 11.7 Å². The molecular formula is C26H34ClNO4. The Balaban J connectivity index is 1.29. The zero-order chi connectivity index (χ0) is 22.7. The van der Waals surface area contributed by atoms with Gasteiger partial charge in [0.25, 0.3) is 0 Å². The van der Waals surface area contributed by atoms with Crippen molar-refractivity contribution < 1.29 is 19.7 Å². The Kier molecular flexibility index (Phi) is 5.68. The number of carbonyl (C=O) groups is 1. The van der Waals surface area contributed by atoms with E-state index in [0.29, 0.717) is 43.4 Å². The van der Waals surface area contributed by atoms with Gasteiger partial charge in [-0.2, -0.15) is 0 Å². The largest absolute Gasteiger partial charge is 0.461 e. The molecule has 174 valence electrons. The topological polar surface area (TPSA) is 70.0 Å². The van der Waals surface area contributed by atoms with Gasteiger partial charge in [0.15, 0.2) is 0 Å². The summed E-state index contributed by atoms with van der Waals surface area (Å²) in [5.74, 6) is -0.265. The third-order valence-electron chi connectivity index (χ3n) is 9.09. The van der Waals surface area contributed by atoms with Crippen LogP contribution in [0.3, 0.4) is 0 Å². The quantitative estimate of drug-likeness (QED) is 0.529. The molecule has 0 amide bonds. The predicted molar refractivity (Wildman–Crippen MR) is 123 cm³/mol. The SMILES string of the molecule is C[C@H]1CCC=C2C[C@H]3OC(=O)[C@@H](CN4CCC(O)(c5ccc(Cl)cc5)CC4)[C@H]3[C@@H](O)[C@@]21C. The lowest BCUT2D eigenvalue weighted by Gasteiger charge is -2.52. The van der Waals surface area contributed by atoms with Gasteiger partial charge in [-0.05, 0) is 49.3 Å². The van der Waals surface area contributed by atoms with E-state index in [4.69, 9.17) is 16.3 Å². The molecule has 6 atom stereocenters. The summed E-state index contributed by atoms with van der Waals surface area (Å²) < 4.78 is 5.81. The van der Waals surface area contributed by atoms with Gasteiger partial charge >= 0.3 is 5.97 Å². The number of benzene rings is 1. The van der Waals surface area contributed by atoms with Gasteiger partial charge in [0.05, 0.1) is 17.6 Å². The van der Waals surface area contributed by atoms with Crippen molar-refractivity contribution >= 4 is 17.6 Å². The number of ether oxygens (including phenoxy) is 1. The molecule has 0 aromatic heterocycles. The molecule has 5 nitrogen and oxygen atoms in total.